The molecule has 200 valence electrons. The Balaban J connectivity index is 1.26. The normalized spacial score (nSPS) is 35.8. The second-order valence-corrected chi connectivity index (χ2v) is 13.0. The molecule has 3 saturated carbocycles. The number of carbonyl (C=O) groups is 2. The average Bonchev–Trinajstić information content (AvgIpc) is 3.29. The minimum Gasteiger partial charge on any atom is -0.338 e. The van der Waals surface area contributed by atoms with Crippen LogP contribution in [0.2, 0.25) is 0 Å². The van der Waals surface area contributed by atoms with Crippen molar-refractivity contribution in [3.05, 3.63) is 83.9 Å². The first-order chi connectivity index (χ1) is 18.3. The SMILES string of the molecule is CN1C(=O)C=C[C@]2(C)[C@H]3CC[C@]4(C)[C@@H](C(=O)N(Cc5ccccc5)Cc5ccccc5)CC[C@H]4[C@@H]3CC[C@@H]12. The molecule has 2 amide bonds. The number of hydrogen-bond acceptors (Lipinski definition) is 2. The van der Waals surface area contributed by atoms with Gasteiger partial charge in [0.2, 0.25) is 11.8 Å². The summed E-state index contributed by atoms with van der Waals surface area (Å²) in [5.41, 5.74) is 2.47. The third-order valence-electron chi connectivity index (χ3n) is 11.2. The molecule has 0 spiro atoms. The fraction of sp³-hybridized carbons (Fsp3) is 0.529. The predicted octanol–water partition coefficient (Wildman–Crippen LogP) is 6.47. The molecule has 3 fully saturated rings. The van der Waals surface area contributed by atoms with Gasteiger partial charge in [-0.1, -0.05) is 80.6 Å². The van der Waals surface area contributed by atoms with Crippen molar-refractivity contribution in [1.82, 2.24) is 9.80 Å². The second-order valence-electron chi connectivity index (χ2n) is 13.0. The molecule has 0 unspecified atom stereocenters. The van der Waals surface area contributed by atoms with E-state index in [4.69, 9.17) is 0 Å². The van der Waals surface area contributed by atoms with Gasteiger partial charge in [0.25, 0.3) is 0 Å². The maximum atomic E-state index is 14.4. The van der Waals surface area contributed by atoms with Crippen LogP contribution in [0.4, 0.5) is 0 Å². The molecule has 4 aliphatic rings. The Morgan fingerprint density at radius 1 is 0.868 bits per heavy atom. The van der Waals surface area contributed by atoms with Gasteiger partial charge in [-0.3, -0.25) is 9.59 Å². The average molecular weight is 511 g/mol. The standard InChI is InChI=1S/C34H42N2O2/c1-33-20-18-28-26(14-17-30-34(28,2)21-19-31(37)35(30)3)27(33)15-16-29(33)32(38)36(22-24-10-6-4-7-11-24)23-25-12-8-5-9-13-25/h4-13,19,21,26-30H,14-18,20,22-23H2,1-3H3/t26-,27-,28-,29+,30+,33-,34+/m0/s1. The molecule has 1 heterocycles. The molecular formula is C34H42N2O2. The Hall–Kier alpha value is -2.88. The van der Waals surface area contributed by atoms with E-state index >= 15 is 0 Å². The number of fused-ring (bicyclic) bond motifs is 5. The molecule has 4 heteroatoms. The van der Waals surface area contributed by atoms with Gasteiger partial charge in [0.1, 0.15) is 0 Å². The third-order valence-corrected chi connectivity index (χ3v) is 11.2. The number of carbonyl (C=O) groups excluding carboxylic acids is 2. The van der Waals surface area contributed by atoms with E-state index in [0.29, 0.717) is 42.8 Å². The van der Waals surface area contributed by atoms with E-state index in [2.05, 4.69) is 73.4 Å². The van der Waals surface area contributed by atoms with Crippen molar-refractivity contribution < 1.29 is 9.59 Å². The van der Waals surface area contributed by atoms with Gasteiger partial charge in [-0.2, -0.15) is 0 Å². The van der Waals surface area contributed by atoms with Crippen LogP contribution in [0.5, 0.6) is 0 Å². The summed E-state index contributed by atoms with van der Waals surface area (Å²) < 4.78 is 0. The molecule has 0 bridgehead atoms. The van der Waals surface area contributed by atoms with E-state index in [1.165, 1.54) is 17.5 Å². The number of nitrogens with zero attached hydrogens (tertiary/aromatic N) is 2. The van der Waals surface area contributed by atoms with E-state index in [0.717, 1.165) is 32.1 Å². The summed E-state index contributed by atoms with van der Waals surface area (Å²) in [7, 11) is 1.99. The Labute approximate surface area is 228 Å². The molecule has 38 heavy (non-hydrogen) atoms. The van der Waals surface area contributed by atoms with Crippen LogP contribution in [0.3, 0.4) is 0 Å². The summed E-state index contributed by atoms with van der Waals surface area (Å²) in [5.74, 6) is 2.37. The summed E-state index contributed by atoms with van der Waals surface area (Å²) in [6.45, 7) is 6.15. The molecule has 6 rings (SSSR count). The lowest BCUT2D eigenvalue weighted by molar-refractivity contribution is -0.148. The summed E-state index contributed by atoms with van der Waals surface area (Å²) >= 11 is 0. The van der Waals surface area contributed by atoms with Crippen LogP contribution >= 0.6 is 0 Å². The molecule has 0 saturated heterocycles. The molecule has 0 N–H and O–H groups in total. The van der Waals surface area contributed by atoms with E-state index in [1.54, 1.807) is 0 Å². The van der Waals surface area contributed by atoms with Crippen molar-refractivity contribution in [2.45, 2.75) is 71.5 Å². The fourth-order valence-corrected chi connectivity index (χ4v) is 9.18. The smallest absolute Gasteiger partial charge is 0.246 e. The van der Waals surface area contributed by atoms with Crippen molar-refractivity contribution in [1.29, 1.82) is 0 Å². The number of rotatable bonds is 5. The topological polar surface area (TPSA) is 40.6 Å². The van der Waals surface area contributed by atoms with Gasteiger partial charge in [-0.05, 0) is 78.9 Å². The van der Waals surface area contributed by atoms with Crippen LogP contribution in [0.15, 0.2) is 72.8 Å². The van der Waals surface area contributed by atoms with Gasteiger partial charge < -0.3 is 9.80 Å². The highest BCUT2D eigenvalue weighted by Gasteiger charge is 2.61. The van der Waals surface area contributed by atoms with Crippen LogP contribution < -0.4 is 0 Å². The summed E-state index contributed by atoms with van der Waals surface area (Å²) in [6, 6.07) is 21.2. The van der Waals surface area contributed by atoms with E-state index < -0.39 is 0 Å². The Kier molecular flexibility index (Phi) is 6.48. The van der Waals surface area contributed by atoms with E-state index in [1.807, 2.05) is 30.2 Å². The van der Waals surface area contributed by atoms with Crippen molar-refractivity contribution >= 4 is 11.8 Å². The van der Waals surface area contributed by atoms with Crippen molar-refractivity contribution in [2.75, 3.05) is 7.05 Å². The molecular weight excluding hydrogens is 468 g/mol. The zero-order chi connectivity index (χ0) is 26.5. The predicted molar refractivity (Wildman–Crippen MR) is 151 cm³/mol. The van der Waals surface area contributed by atoms with Gasteiger partial charge in [0, 0.05) is 37.5 Å². The Morgan fingerprint density at radius 2 is 1.50 bits per heavy atom. The van der Waals surface area contributed by atoms with Crippen molar-refractivity contribution in [2.24, 2.45) is 34.5 Å². The van der Waals surface area contributed by atoms with Crippen LogP contribution in [-0.4, -0.2) is 34.7 Å². The lowest BCUT2D eigenvalue weighted by Gasteiger charge is -2.60. The molecule has 1 aliphatic heterocycles. The number of benzene rings is 2. The van der Waals surface area contributed by atoms with Crippen LogP contribution in [0, 0.1) is 34.5 Å². The van der Waals surface area contributed by atoms with Crippen LogP contribution in [0.1, 0.15) is 63.5 Å². The number of amides is 2. The molecule has 3 aliphatic carbocycles. The zero-order valence-corrected chi connectivity index (χ0v) is 23.2. The molecule has 0 radical (unpaired) electrons. The molecule has 2 aromatic rings. The highest BCUT2D eigenvalue weighted by Crippen LogP contribution is 2.65. The highest BCUT2D eigenvalue weighted by atomic mass is 16.2. The number of likely N-dealkylation sites (N-methyl/N-ethyl adjacent to an activating group) is 1. The van der Waals surface area contributed by atoms with Gasteiger partial charge in [-0.15, -0.1) is 0 Å². The summed E-state index contributed by atoms with van der Waals surface area (Å²) in [5, 5.41) is 0. The monoisotopic (exact) mass is 510 g/mol. The molecule has 4 nitrogen and oxygen atoms in total. The second kappa shape index (κ2) is 9.70. The van der Waals surface area contributed by atoms with Gasteiger partial charge in [-0.25, -0.2) is 0 Å². The quantitative estimate of drug-likeness (QED) is 0.462. The Bertz CT molecular complexity index is 1170. The maximum Gasteiger partial charge on any atom is 0.246 e. The maximum absolute atomic E-state index is 14.4. The first-order valence-electron chi connectivity index (χ1n) is 14.6. The summed E-state index contributed by atoms with van der Waals surface area (Å²) in [6.07, 6.45) is 10.7. The van der Waals surface area contributed by atoms with E-state index in [-0.39, 0.29) is 22.7 Å². The van der Waals surface area contributed by atoms with Crippen molar-refractivity contribution in [3.63, 3.8) is 0 Å². The van der Waals surface area contributed by atoms with Crippen LogP contribution in [0.25, 0.3) is 0 Å². The number of hydrogen-bond donors (Lipinski definition) is 0. The summed E-state index contributed by atoms with van der Waals surface area (Å²) in [4.78, 5) is 31.0. The lowest BCUT2D eigenvalue weighted by Crippen LogP contribution is -2.60. The van der Waals surface area contributed by atoms with Crippen LogP contribution in [-0.2, 0) is 22.7 Å². The zero-order valence-electron chi connectivity index (χ0n) is 23.2. The Morgan fingerprint density at radius 3 is 2.13 bits per heavy atom. The largest absolute Gasteiger partial charge is 0.338 e. The van der Waals surface area contributed by atoms with Gasteiger partial charge in [0.05, 0.1) is 0 Å². The van der Waals surface area contributed by atoms with Gasteiger partial charge >= 0.3 is 0 Å². The highest BCUT2D eigenvalue weighted by molar-refractivity contribution is 5.89. The first-order valence-corrected chi connectivity index (χ1v) is 14.6. The molecule has 0 aromatic heterocycles. The minimum absolute atomic E-state index is 0.0433. The lowest BCUT2D eigenvalue weighted by atomic mass is 9.47. The molecule has 2 aromatic carbocycles. The fourth-order valence-electron chi connectivity index (χ4n) is 9.18. The first kappa shape index (κ1) is 25.4. The molecule has 7 atom stereocenters. The van der Waals surface area contributed by atoms with Crippen molar-refractivity contribution in [3.8, 4) is 0 Å². The van der Waals surface area contributed by atoms with Gasteiger partial charge in [0.15, 0.2) is 0 Å². The third kappa shape index (κ3) is 4.12. The minimum atomic E-state index is 0.0433. The van der Waals surface area contributed by atoms with E-state index in [9.17, 15) is 9.59 Å².